The van der Waals surface area contributed by atoms with Crippen molar-refractivity contribution in [3.63, 3.8) is 0 Å². The number of amides is 1. The van der Waals surface area contributed by atoms with Crippen LogP contribution < -0.4 is 10.6 Å². The summed E-state index contributed by atoms with van der Waals surface area (Å²) < 4.78 is 0. The number of nitrogens with zero attached hydrogens (tertiary/aromatic N) is 1. The van der Waals surface area contributed by atoms with Crippen LogP contribution in [0.25, 0.3) is 0 Å². The van der Waals surface area contributed by atoms with E-state index < -0.39 is 5.41 Å². The lowest BCUT2D eigenvalue weighted by Crippen LogP contribution is -2.53. The van der Waals surface area contributed by atoms with Crippen molar-refractivity contribution < 1.29 is 4.79 Å². The number of fused-ring (bicyclic) bond motifs is 1. The summed E-state index contributed by atoms with van der Waals surface area (Å²) in [6, 6.07) is 8.55. The number of para-hydroxylation sites is 1. The van der Waals surface area contributed by atoms with Crippen molar-refractivity contribution in [2.24, 2.45) is 11.1 Å². The van der Waals surface area contributed by atoms with Gasteiger partial charge in [0.2, 0.25) is 5.91 Å². The maximum Gasteiger partial charge on any atom is 0.234 e. The van der Waals surface area contributed by atoms with E-state index in [0.717, 1.165) is 37.8 Å². The van der Waals surface area contributed by atoms with Crippen LogP contribution in [0, 0.1) is 5.41 Å². The molecule has 1 aromatic rings. The highest BCUT2D eigenvalue weighted by atomic mass is 16.2. The van der Waals surface area contributed by atoms with Crippen molar-refractivity contribution in [1.82, 2.24) is 0 Å². The molecule has 3 rings (SSSR count). The predicted molar refractivity (Wildman–Crippen MR) is 81.6 cm³/mol. The van der Waals surface area contributed by atoms with E-state index in [2.05, 4.69) is 32.0 Å². The second-order valence-electron chi connectivity index (χ2n) is 6.61. The fourth-order valence-electron chi connectivity index (χ4n) is 3.73. The Morgan fingerprint density at radius 1 is 1.35 bits per heavy atom. The van der Waals surface area contributed by atoms with Crippen molar-refractivity contribution in [3.8, 4) is 0 Å². The predicted octanol–water partition coefficient (Wildman–Crippen LogP) is 2.87. The van der Waals surface area contributed by atoms with E-state index in [1.54, 1.807) is 0 Å². The minimum atomic E-state index is -0.390. The molecule has 3 unspecified atom stereocenters. The summed E-state index contributed by atoms with van der Waals surface area (Å²) >= 11 is 0. The highest BCUT2D eigenvalue weighted by Gasteiger charge is 2.47. The summed E-state index contributed by atoms with van der Waals surface area (Å²) in [4.78, 5) is 15.2. The SMILES string of the molecule is CC1CCc2ccccc2N1C(=O)C1(C)CCCC1N. The molecule has 0 aromatic heterocycles. The Morgan fingerprint density at radius 2 is 2.10 bits per heavy atom. The van der Waals surface area contributed by atoms with E-state index in [9.17, 15) is 4.79 Å². The standard InChI is InChI=1S/C17H24N2O/c1-12-9-10-13-6-3-4-7-14(13)19(12)16(20)17(2)11-5-8-15(17)18/h3-4,6-7,12,15H,5,8-11,18H2,1-2H3. The Morgan fingerprint density at radius 3 is 2.80 bits per heavy atom. The molecule has 1 heterocycles. The molecule has 3 heteroatoms. The number of anilines is 1. The zero-order valence-electron chi connectivity index (χ0n) is 12.4. The zero-order chi connectivity index (χ0) is 14.3. The van der Waals surface area contributed by atoms with Crippen LogP contribution in [0.4, 0.5) is 5.69 Å². The van der Waals surface area contributed by atoms with Gasteiger partial charge in [0, 0.05) is 17.8 Å². The molecule has 3 nitrogen and oxygen atoms in total. The van der Waals surface area contributed by atoms with Gasteiger partial charge in [0.25, 0.3) is 0 Å². The van der Waals surface area contributed by atoms with Crippen molar-refractivity contribution >= 4 is 11.6 Å². The number of rotatable bonds is 1. The number of benzene rings is 1. The van der Waals surface area contributed by atoms with Crippen LogP contribution in [-0.4, -0.2) is 18.0 Å². The average molecular weight is 272 g/mol. The molecule has 0 saturated heterocycles. The minimum Gasteiger partial charge on any atom is -0.327 e. The molecule has 3 atom stereocenters. The van der Waals surface area contributed by atoms with Gasteiger partial charge in [-0.15, -0.1) is 0 Å². The van der Waals surface area contributed by atoms with E-state index in [4.69, 9.17) is 5.73 Å². The monoisotopic (exact) mass is 272 g/mol. The van der Waals surface area contributed by atoms with E-state index in [1.807, 2.05) is 11.0 Å². The fourth-order valence-corrected chi connectivity index (χ4v) is 3.73. The number of hydrogen-bond acceptors (Lipinski definition) is 2. The van der Waals surface area contributed by atoms with Crippen LogP contribution in [0.5, 0.6) is 0 Å². The van der Waals surface area contributed by atoms with Crippen LogP contribution in [0.3, 0.4) is 0 Å². The second kappa shape index (κ2) is 4.88. The number of hydrogen-bond donors (Lipinski definition) is 1. The molecule has 1 amide bonds. The third kappa shape index (κ3) is 1.96. The van der Waals surface area contributed by atoms with E-state index in [0.29, 0.717) is 0 Å². The van der Waals surface area contributed by atoms with Gasteiger partial charge in [-0.25, -0.2) is 0 Å². The molecule has 0 bridgehead atoms. The minimum absolute atomic E-state index is 0.00344. The first-order chi connectivity index (χ1) is 9.54. The van der Waals surface area contributed by atoms with Gasteiger partial charge < -0.3 is 10.6 Å². The molecule has 1 fully saturated rings. The number of aryl methyl sites for hydroxylation is 1. The summed E-state index contributed by atoms with van der Waals surface area (Å²) in [6.45, 7) is 4.20. The first kappa shape index (κ1) is 13.6. The molecule has 0 spiro atoms. The molecule has 2 N–H and O–H groups in total. The molecule has 2 aliphatic rings. The van der Waals surface area contributed by atoms with Gasteiger partial charge in [-0.3, -0.25) is 4.79 Å². The van der Waals surface area contributed by atoms with Crippen LogP contribution in [0.15, 0.2) is 24.3 Å². The maximum atomic E-state index is 13.2. The third-order valence-electron chi connectivity index (χ3n) is 5.26. The van der Waals surface area contributed by atoms with Gasteiger partial charge in [0.15, 0.2) is 0 Å². The van der Waals surface area contributed by atoms with E-state index in [-0.39, 0.29) is 18.0 Å². The summed E-state index contributed by atoms with van der Waals surface area (Å²) in [7, 11) is 0. The number of carbonyl (C=O) groups is 1. The molecule has 1 aromatic carbocycles. The summed E-state index contributed by atoms with van der Waals surface area (Å²) in [5.74, 6) is 0.224. The second-order valence-corrected chi connectivity index (χ2v) is 6.61. The van der Waals surface area contributed by atoms with Gasteiger partial charge in [0.1, 0.15) is 0 Å². The van der Waals surface area contributed by atoms with Crippen LogP contribution in [0.1, 0.15) is 45.1 Å². The molecular formula is C17H24N2O. The normalized spacial score (nSPS) is 33.0. The maximum absolute atomic E-state index is 13.2. The topological polar surface area (TPSA) is 46.3 Å². The molecule has 20 heavy (non-hydrogen) atoms. The van der Waals surface area contributed by atoms with Crippen molar-refractivity contribution in [2.45, 2.75) is 58.0 Å². The molecule has 1 aliphatic carbocycles. The van der Waals surface area contributed by atoms with Gasteiger partial charge in [-0.2, -0.15) is 0 Å². The number of carbonyl (C=O) groups excluding carboxylic acids is 1. The Kier molecular flexibility index (Phi) is 3.33. The molecule has 1 saturated carbocycles. The highest BCUT2D eigenvalue weighted by molar-refractivity contribution is 5.99. The first-order valence-corrected chi connectivity index (χ1v) is 7.71. The lowest BCUT2D eigenvalue weighted by molar-refractivity contribution is -0.128. The van der Waals surface area contributed by atoms with Crippen LogP contribution in [0.2, 0.25) is 0 Å². The summed E-state index contributed by atoms with van der Waals surface area (Å²) in [5.41, 5.74) is 8.23. The molecule has 108 valence electrons. The molecule has 0 radical (unpaired) electrons. The van der Waals surface area contributed by atoms with Gasteiger partial charge in [0.05, 0.1) is 5.41 Å². The zero-order valence-corrected chi connectivity index (χ0v) is 12.4. The highest BCUT2D eigenvalue weighted by Crippen LogP contribution is 2.42. The van der Waals surface area contributed by atoms with E-state index in [1.165, 1.54) is 5.56 Å². The quantitative estimate of drug-likeness (QED) is 0.854. The van der Waals surface area contributed by atoms with Crippen molar-refractivity contribution in [2.75, 3.05) is 4.90 Å². The summed E-state index contributed by atoms with van der Waals surface area (Å²) in [6.07, 6.45) is 5.04. The Bertz CT molecular complexity index is 527. The van der Waals surface area contributed by atoms with Gasteiger partial charge in [-0.05, 0) is 51.2 Å². The first-order valence-electron chi connectivity index (χ1n) is 7.71. The number of nitrogens with two attached hydrogens (primary N) is 1. The van der Waals surface area contributed by atoms with Gasteiger partial charge >= 0.3 is 0 Å². The third-order valence-corrected chi connectivity index (χ3v) is 5.26. The van der Waals surface area contributed by atoms with E-state index >= 15 is 0 Å². The smallest absolute Gasteiger partial charge is 0.234 e. The average Bonchev–Trinajstić information content (AvgIpc) is 2.79. The molecular weight excluding hydrogens is 248 g/mol. The van der Waals surface area contributed by atoms with Crippen LogP contribution in [-0.2, 0) is 11.2 Å². The summed E-state index contributed by atoms with van der Waals surface area (Å²) in [5, 5.41) is 0. The van der Waals surface area contributed by atoms with Crippen molar-refractivity contribution in [3.05, 3.63) is 29.8 Å². The fraction of sp³-hybridized carbons (Fsp3) is 0.588. The van der Waals surface area contributed by atoms with Crippen LogP contribution >= 0.6 is 0 Å². The molecule has 1 aliphatic heterocycles. The van der Waals surface area contributed by atoms with Crippen molar-refractivity contribution in [1.29, 1.82) is 0 Å². The van der Waals surface area contributed by atoms with Gasteiger partial charge in [-0.1, -0.05) is 24.6 Å². The largest absolute Gasteiger partial charge is 0.327 e. The Balaban J connectivity index is 1.99. The Hall–Kier alpha value is -1.35. The lowest BCUT2D eigenvalue weighted by atomic mass is 9.82. The Labute approximate surface area is 121 Å². The lowest BCUT2D eigenvalue weighted by Gasteiger charge is -2.41.